The number of likely N-dealkylation sites (N-methyl/N-ethyl adjacent to an activating group) is 1. The van der Waals surface area contributed by atoms with Gasteiger partial charge in [-0.1, -0.05) is 47.0 Å². The highest BCUT2D eigenvalue weighted by atomic mass is 35.5. The third-order valence-corrected chi connectivity index (χ3v) is 3.64. The van der Waals surface area contributed by atoms with Crippen molar-refractivity contribution in [2.75, 3.05) is 7.05 Å². The Labute approximate surface area is 124 Å². The van der Waals surface area contributed by atoms with Crippen LogP contribution in [0, 0.1) is 19.7 Å². The zero-order valence-corrected chi connectivity index (χ0v) is 12.8. The standard InChI is InChI=1S/C17H19ClFN/c1-11-6-12(2)8-13(7-11)9-17(20-3)15-5-4-14(18)10-16(15)19/h4-8,10,17,20H,9H2,1-3H3. The van der Waals surface area contributed by atoms with E-state index in [1.807, 2.05) is 7.05 Å². The highest BCUT2D eigenvalue weighted by molar-refractivity contribution is 6.30. The average molecular weight is 292 g/mol. The Hall–Kier alpha value is -1.38. The van der Waals surface area contributed by atoms with Gasteiger partial charge in [0.05, 0.1) is 0 Å². The minimum atomic E-state index is -0.263. The zero-order chi connectivity index (χ0) is 14.7. The summed E-state index contributed by atoms with van der Waals surface area (Å²) in [6.07, 6.45) is 0.748. The van der Waals surface area contributed by atoms with Gasteiger partial charge in [0, 0.05) is 16.6 Å². The molecule has 1 unspecified atom stereocenters. The maximum absolute atomic E-state index is 14.0. The Kier molecular flexibility index (Phi) is 4.79. The fourth-order valence-corrected chi connectivity index (χ4v) is 2.73. The van der Waals surface area contributed by atoms with Crippen molar-refractivity contribution < 1.29 is 4.39 Å². The van der Waals surface area contributed by atoms with Crippen LogP contribution in [0.5, 0.6) is 0 Å². The van der Waals surface area contributed by atoms with Crippen LogP contribution in [-0.4, -0.2) is 7.05 Å². The zero-order valence-electron chi connectivity index (χ0n) is 12.0. The van der Waals surface area contributed by atoms with Gasteiger partial charge >= 0.3 is 0 Å². The lowest BCUT2D eigenvalue weighted by molar-refractivity contribution is 0.534. The lowest BCUT2D eigenvalue weighted by atomic mass is 9.96. The van der Waals surface area contributed by atoms with E-state index in [1.165, 1.54) is 22.8 Å². The number of rotatable bonds is 4. The Morgan fingerprint density at radius 1 is 1.10 bits per heavy atom. The smallest absolute Gasteiger partial charge is 0.129 e. The van der Waals surface area contributed by atoms with Gasteiger partial charge in [-0.3, -0.25) is 0 Å². The largest absolute Gasteiger partial charge is 0.313 e. The number of hydrogen-bond acceptors (Lipinski definition) is 1. The van der Waals surface area contributed by atoms with Crippen molar-refractivity contribution in [3.8, 4) is 0 Å². The fourth-order valence-electron chi connectivity index (χ4n) is 2.57. The van der Waals surface area contributed by atoms with Crippen molar-refractivity contribution in [3.05, 3.63) is 69.5 Å². The van der Waals surface area contributed by atoms with Gasteiger partial charge in [-0.2, -0.15) is 0 Å². The molecule has 0 spiro atoms. The van der Waals surface area contributed by atoms with Crippen LogP contribution in [0.15, 0.2) is 36.4 Å². The van der Waals surface area contributed by atoms with Gasteiger partial charge in [0.1, 0.15) is 5.82 Å². The normalized spacial score (nSPS) is 12.4. The first-order chi connectivity index (χ1) is 9.49. The maximum Gasteiger partial charge on any atom is 0.129 e. The van der Waals surface area contributed by atoms with Crippen molar-refractivity contribution in [2.45, 2.75) is 26.3 Å². The second-order valence-electron chi connectivity index (χ2n) is 5.21. The Bertz CT molecular complexity index is 590. The molecule has 1 atom stereocenters. The topological polar surface area (TPSA) is 12.0 Å². The summed E-state index contributed by atoms with van der Waals surface area (Å²) in [4.78, 5) is 0. The molecule has 20 heavy (non-hydrogen) atoms. The van der Waals surface area contributed by atoms with Gasteiger partial charge in [0.2, 0.25) is 0 Å². The molecule has 106 valence electrons. The minimum Gasteiger partial charge on any atom is -0.313 e. The van der Waals surface area contributed by atoms with Crippen molar-refractivity contribution in [3.63, 3.8) is 0 Å². The molecule has 0 aliphatic rings. The molecule has 3 heteroatoms. The highest BCUT2D eigenvalue weighted by Gasteiger charge is 2.15. The molecular formula is C17H19ClFN. The van der Waals surface area contributed by atoms with Crippen molar-refractivity contribution in [1.82, 2.24) is 5.32 Å². The van der Waals surface area contributed by atoms with Gasteiger partial charge < -0.3 is 5.32 Å². The summed E-state index contributed by atoms with van der Waals surface area (Å²) in [6.45, 7) is 4.15. The summed E-state index contributed by atoms with van der Waals surface area (Å²) in [6, 6.07) is 11.2. The molecule has 0 fully saturated rings. The molecule has 0 aromatic heterocycles. The third-order valence-electron chi connectivity index (χ3n) is 3.41. The Balaban J connectivity index is 2.28. The summed E-state index contributed by atoms with van der Waals surface area (Å²) >= 11 is 5.81. The molecule has 2 aromatic rings. The van der Waals surface area contributed by atoms with Crippen LogP contribution in [0.4, 0.5) is 4.39 Å². The van der Waals surface area contributed by atoms with Crippen LogP contribution >= 0.6 is 11.6 Å². The SMILES string of the molecule is CNC(Cc1cc(C)cc(C)c1)c1ccc(Cl)cc1F. The molecule has 0 saturated carbocycles. The third kappa shape index (κ3) is 3.59. The second kappa shape index (κ2) is 6.38. The van der Waals surface area contributed by atoms with Crippen LogP contribution in [0.1, 0.15) is 28.3 Å². The average Bonchev–Trinajstić information content (AvgIpc) is 2.35. The molecule has 0 aliphatic carbocycles. The van der Waals surface area contributed by atoms with Crippen LogP contribution in [0.3, 0.4) is 0 Å². The first-order valence-electron chi connectivity index (χ1n) is 6.69. The van der Waals surface area contributed by atoms with Crippen molar-refractivity contribution >= 4 is 11.6 Å². The fraction of sp³-hybridized carbons (Fsp3) is 0.294. The number of nitrogens with one attached hydrogen (secondary N) is 1. The number of hydrogen-bond donors (Lipinski definition) is 1. The molecule has 0 bridgehead atoms. The first kappa shape index (κ1) is 15.0. The Morgan fingerprint density at radius 3 is 2.30 bits per heavy atom. The lowest BCUT2D eigenvalue weighted by Gasteiger charge is -2.18. The van der Waals surface area contributed by atoms with E-state index >= 15 is 0 Å². The van der Waals surface area contributed by atoms with E-state index in [-0.39, 0.29) is 11.9 Å². The molecule has 0 aliphatic heterocycles. The van der Waals surface area contributed by atoms with Crippen molar-refractivity contribution in [2.24, 2.45) is 0 Å². The number of benzene rings is 2. The highest BCUT2D eigenvalue weighted by Crippen LogP contribution is 2.24. The van der Waals surface area contributed by atoms with E-state index in [4.69, 9.17) is 11.6 Å². The van der Waals surface area contributed by atoms with E-state index in [0.29, 0.717) is 10.6 Å². The molecule has 0 amide bonds. The summed E-state index contributed by atoms with van der Waals surface area (Å²) in [5, 5.41) is 3.61. The minimum absolute atomic E-state index is 0.0616. The Morgan fingerprint density at radius 2 is 1.75 bits per heavy atom. The summed E-state index contributed by atoms with van der Waals surface area (Å²) < 4.78 is 14.0. The van der Waals surface area contributed by atoms with Crippen molar-refractivity contribution in [1.29, 1.82) is 0 Å². The van der Waals surface area contributed by atoms with Gasteiger partial charge in [-0.15, -0.1) is 0 Å². The lowest BCUT2D eigenvalue weighted by Crippen LogP contribution is -2.20. The predicted octanol–water partition coefficient (Wildman–Crippen LogP) is 4.60. The molecule has 0 heterocycles. The van der Waals surface area contributed by atoms with E-state index in [9.17, 15) is 4.39 Å². The van der Waals surface area contributed by atoms with E-state index in [1.54, 1.807) is 12.1 Å². The number of halogens is 2. The van der Waals surface area contributed by atoms with Gasteiger partial charge in [-0.25, -0.2) is 4.39 Å². The van der Waals surface area contributed by atoms with E-state index in [2.05, 4.69) is 37.4 Å². The monoisotopic (exact) mass is 291 g/mol. The molecule has 0 saturated heterocycles. The molecule has 1 nitrogen and oxygen atoms in total. The van der Waals surface area contributed by atoms with E-state index in [0.717, 1.165) is 6.42 Å². The van der Waals surface area contributed by atoms with Gasteiger partial charge in [0.25, 0.3) is 0 Å². The predicted molar refractivity (Wildman–Crippen MR) is 82.8 cm³/mol. The summed E-state index contributed by atoms with van der Waals surface area (Å²) in [5.41, 5.74) is 4.31. The summed E-state index contributed by atoms with van der Waals surface area (Å²) in [5.74, 6) is -0.263. The van der Waals surface area contributed by atoms with E-state index < -0.39 is 0 Å². The number of aryl methyl sites for hydroxylation is 2. The van der Waals surface area contributed by atoms with Crippen LogP contribution in [0.2, 0.25) is 5.02 Å². The van der Waals surface area contributed by atoms with Gasteiger partial charge in [0.15, 0.2) is 0 Å². The van der Waals surface area contributed by atoms with Gasteiger partial charge in [-0.05, 0) is 45.0 Å². The molecular weight excluding hydrogens is 273 g/mol. The summed E-state index contributed by atoms with van der Waals surface area (Å²) in [7, 11) is 1.85. The molecule has 2 aromatic carbocycles. The van der Waals surface area contributed by atoms with Crippen LogP contribution in [-0.2, 0) is 6.42 Å². The van der Waals surface area contributed by atoms with Crippen LogP contribution < -0.4 is 5.32 Å². The first-order valence-corrected chi connectivity index (χ1v) is 7.07. The second-order valence-corrected chi connectivity index (χ2v) is 5.64. The maximum atomic E-state index is 14.0. The van der Waals surface area contributed by atoms with Crippen LogP contribution in [0.25, 0.3) is 0 Å². The molecule has 1 N–H and O–H groups in total. The molecule has 2 rings (SSSR count). The quantitative estimate of drug-likeness (QED) is 0.868. The molecule has 0 radical (unpaired) electrons.